The van der Waals surface area contributed by atoms with E-state index in [1.165, 1.54) is 12.2 Å². The second-order valence-corrected chi connectivity index (χ2v) is 4.57. The molecule has 1 fully saturated rings. The average molecular weight is 186 g/mol. The van der Waals surface area contributed by atoms with Gasteiger partial charge >= 0.3 is 0 Å². The van der Waals surface area contributed by atoms with Crippen LogP contribution in [0.4, 0.5) is 0 Å². The summed E-state index contributed by atoms with van der Waals surface area (Å²) in [6.07, 6.45) is 1.26. The molecular formula is C9H18N2S. The molecule has 12 heavy (non-hydrogen) atoms. The molecule has 1 N–H and O–H groups in total. The maximum atomic E-state index is 4.35. The smallest absolute Gasteiger partial charge is 0.156 e. The fourth-order valence-corrected chi connectivity index (χ4v) is 2.42. The van der Waals surface area contributed by atoms with Crippen molar-refractivity contribution < 1.29 is 0 Å². The molecule has 0 saturated carbocycles. The average Bonchev–Trinajstić information content (AvgIpc) is 2.36. The van der Waals surface area contributed by atoms with Gasteiger partial charge in [0.15, 0.2) is 5.17 Å². The molecule has 0 radical (unpaired) electrons. The third kappa shape index (κ3) is 3.05. The first kappa shape index (κ1) is 9.90. The Morgan fingerprint density at radius 3 is 3.00 bits per heavy atom. The van der Waals surface area contributed by atoms with Crippen molar-refractivity contribution in [2.45, 2.75) is 33.2 Å². The van der Waals surface area contributed by atoms with Gasteiger partial charge in [0, 0.05) is 18.3 Å². The molecular weight excluding hydrogens is 168 g/mol. The molecule has 0 aromatic heterocycles. The standard InChI is InChI=1S/C9H18N2S/c1-4-10-9-11-8(6-12-9)5-7(2)3/h7-8H,4-6H2,1-3H3,(H,10,11). The van der Waals surface area contributed by atoms with Gasteiger partial charge in [0.25, 0.3) is 0 Å². The lowest BCUT2D eigenvalue weighted by Crippen LogP contribution is -2.28. The van der Waals surface area contributed by atoms with E-state index in [1.807, 2.05) is 11.8 Å². The molecule has 70 valence electrons. The first-order chi connectivity index (χ1) is 5.72. The number of hydrogen-bond donors (Lipinski definition) is 1. The van der Waals surface area contributed by atoms with Crippen LogP contribution in [0.3, 0.4) is 0 Å². The van der Waals surface area contributed by atoms with Gasteiger partial charge in [0.1, 0.15) is 0 Å². The van der Waals surface area contributed by atoms with Gasteiger partial charge < -0.3 is 5.32 Å². The second-order valence-electron chi connectivity index (χ2n) is 3.56. The molecule has 1 rings (SSSR count). The lowest BCUT2D eigenvalue weighted by molar-refractivity contribution is 0.502. The van der Waals surface area contributed by atoms with Gasteiger partial charge in [-0.25, -0.2) is 0 Å². The van der Waals surface area contributed by atoms with Gasteiger partial charge in [-0.05, 0) is 19.3 Å². The summed E-state index contributed by atoms with van der Waals surface area (Å²) < 4.78 is 0. The van der Waals surface area contributed by atoms with Gasteiger partial charge in [0.2, 0.25) is 0 Å². The molecule has 0 aromatic rings. The Labute approximate surface area is 79.2 Å². The summed E-state index contributed by atoms with van der Waals surface area (Å²) in [4.78, 5) is 4.35. The Balaban J connectivity index is 2.30. The quantitative estimate of drug-likeness (QED) is 0.730. The zero-order valence-electron chi connectivity index (χ0n) is 8.13. The lowest BCUT2D eigenvalue weighted by atomic mass is 10.1. The van der Waals surface area contributed by atoms with Crippen LogP contribution in [0.15, 0.2) is 4.99 Å². The zero-order chi connectivity index (χ0) is 8.97. The third-order valence-corrected chi connectivity index (χ3v) is 2.90. The SMILES string of the molecule is CCN=C1NC(CC(C)C)CS1. The Kier molecular flexibility index (Phi) is 3.92. The highest BCUT2D eigenvalue weighted by Crippen LogP contribution is 2.18. The number of rotatable bonds is 3. The number of nitrogens with one attached hydrogen (secondary N) is 1. The highest BCUT2D eigenvalue weighted by Gasteiger charge is 2.20. The fourth-order valence-electron chi connectivity index (χ4n) is 1.37. The minimum absolute atomic E-state index is 0.653. The van der Waals surface area contributed by atoms with E-state index in [1.54, 1.807) is 0 Å². The molecule has 1 atom stereocenters. The minimum atomic E-state index is 0.653. The van der Waals surface area contributed by atoms with Crippen LogP contribution in [0.25, 0.3) is 0 Å². The van der Waals surface area contributed by atoms with Crippen LogP contribution >= 0.6 is 11.8 Å². The molecule has 1 heterocycles. The number of thioether (sulfide) groups is 1. The van der Waals surface area contributed by atoms with Gasteiger partial charge in [-0.15, -0.1) is 0 Å². The van der Waals surface area contributed by atoms with Crippen molar-refractivity contribution in [1.82, 2.24) is 5.32 Å². The molecule has 3 heteroatoms. The highest BCUT2D eigenvalue weighted by atomic mass is 32.2. The molecule has 1 aliphatic rings. The molecule has 1 unspecified atom stereocenters. The third-order valence-electron chi connectivity index (χ3n) is 1.81. The van der Waals surface area contributed by atoms with E-state index in [-0.39, 0.29) is 0 Å². The number of nitrogens with zero attached hydrogens (tertiary/aromatic N) is 1. The summed E-state index contributed by atoms with van der Waals surface area (Å²) in [6.45, 7) is 7.50. The normalized spacial score (nSPS) is 26.7. The monoisotopic (exact) mass is 186 g/mol. The number of amidine groups is 1. The van der Waals surface area contributed by atoms with Crippen LogP contribution in [-0.4, -0.2) is 23.5 Å². The van der Waals surface area contributed by atoms with Crippen molar-refractivity contribution in [3.8, 4) is 0 Å². The number of aliphatic imine (C=N–C) groups is 1. The maximum absolute atomic E-state index is 4.35. The van der Waals surface area contributed by atoms with Gasteiger partial charge in [-0.1, -0.05) is 25.6 Å². The summed E-state index contributed by atoms with van der Waals surface area (Å²) in [6, 6.07) is 0.653. The van der Waals surface area contributed by atoms with Crippen molar-refractivity contribution in [1.29, 1.82) is 0 Å². The first-order valence-electron chi connectivity index (χ1n) is 4.66. The summed E-state index contributed by atoms with van der Waals surface area (Å²) in [7, 11) is 0. The van der Waals surface area contributed by atoms with E-state index >= 15 is 0 Å². The molecule has 0 amide bonds. The maximum Gasteiger partial charge on any atom is 0.156 e. The lowest BCUT2D eigenvalue weighted by Gasteiger charge is -2.11. The largest absolute Gasteiger partial charge is 0.361 e. The summed E-state index contributed by atoms with van der Waals surface area (Å²) in [5.74, 6) is 1.97. The highest BCUT2D eigenvalue weighted by molar-refractivity contribution is 8.14. The van der Waals surface area contributed by atoms with Crippen LogP contribution < -0.4 is 5.32 Å². The predicted octanol–water partition coefficient (Wildman–Crippen LogP) is 2.11. The Morgan fingerprint density at radius 2 is 2.42 bits per heavy atom. The van der Waals surface area contributed by atoms with Crippen molar-refractivity contribution in [2.24, 2.45) is 10.9 Å². The van der Waals surface area contributed by atoms with Gasteiger partial charge in [0.05, 0.1) is 0 Å². The van der Waals surface area contributed by atoms with Crippen LogP contribution in [0.5, 0.6) is 0 Å². The van der Waals surface area contributed by atoms with E-state index in [2.05, 4.69) is 31.1 Å². The minimum Gasteiger partial charge on any atom is -0.361 e. The Morgan fingerprint density at radius 1 is 1.67 bits per heavy atom. The van der Waals surface area contributed by atoms with Crippen LogP contribution in [0.2, 0.25) is 0 Å². The molecule has 0 spiro atoms. The molecule has 2 nitrogen and oxygen atoms in total. The Hall–Kier alpha value is -0.180. The van der Waals surface area contributed by atoms with Crippen LogP contribution in [0.1, 0.15) is 27.2 Å². The second kappa shape index (κ2) is 4.75. The first-order valence-corrected chi connectivity index (χ1v) is 5.64. The molecule has 1 aliphatic heterocycles. The van der Waals surface area contributed by atoms with Crippen molar-refractivity contribution in [3.63, 3.8) is 0 Å². The molecule has 0 aromatic carbocycles. The van der Waals surface area contributed by atoms with Gasteiger partial charge in [-0.2, -0.15) is 0 Å². The van der Waals surface area contributed by atoms with E-state index in [0.717, 1.165) is 17.6 Å². The summed E-state index contributed by atoms with van der Waals surface area (Å²) >= 11 is 1.86. The van der Waals surface area contributed by atoms with Crippen LogP contribution in [-0.2, 0) is 0 Å². The van der Waals surface area contributed by atoms with Crippen molar-refractivity contribution in [2.75, 3.05) is 12.3 Å². The van der Waals surface area contributed by atoms with E-state index in [9.17, 15) is 0 Å². The Bertz CT molecular complexity index is 166. The van der Waals surface area contributed by atoms with E-state index in [4.69, 9.17) is 0 Å². The fraction of sp³-hybridized carbons (Fsp3) is 0.889. The summed E-state index contributed by atoms with van der Waals surface area (Å²) in [5, 5.41) is 4.58. The zero-order valence-corrected chi connectivity index (χ0v) is 8.95. The van der Waals surface area contributed by atoms with Crippen LogP contribution in [0, 0.1) is 5.92 Å². The molecule has 0 bridgehead atoms. The molecule has 1 saturated heterocycles. The predicted molar refractivity (Wildman–Crippen MR) is 56.8 cm³/mol. The topological polar surface area (TPSA) is 24.4 Å². The molecule has 0 aliphatic carbocycles. The summed E-state index contributed by atoms with van der Waals surface area (Å²) in [5.41, 5.74) is 0. The van der Waals surface area contributed by atoms with Crippen molar-refractivity contribution >= 4 is 16.9 Å². The number of hydrogen-bond acceptors (Lipinski definition) is 2. The van der Waals surface area contributed by atoms with Gasteiger partial charge in [-0.3, -0.25) is 4.99 Å². The van der Waals surface area contributed by atoms with Crippen molar-refractivity contribution in [3.05, 3.63) is 0 Å². The van der Waals surface area contributed by atoms with E-state index < -0.39 is 0 Å². The van der Waals surface area contributed by atoms with E-state index in [0.29, 0.717) is 6.04 Å².